The van der Waals surface area contributed by atoms with E-state index in [1.807, 2.05) is 0 Å². The fraction of sp³-hybridized carbons (Fsp3) is 0.909. The van der Waals surface area contributed by atoms with Gasteiger partial charge >= 0.3 is 0 Å². The maximum Gasteiger partial charge on any atom is 0.234 e. The molecule has 15 heavy (non-hydrogen) atoms. The minimum absolute atomic E-state index is 0.0101. The van der Waals surface area contributed by atoms with Crippen molar-refractivity contribution in [2.24, 2.45) is 11.7 Å². The van der Waals surface area contributed by atoms with E-state index >= 15 is 0 Å². The minimum atomic E-state index is -0.140. The summed E-state index contributed by atoms with van der Waals surface area (Å²) in [5.74, 6) is 0.591. The molecule has 86 valence electrons. The summed E-state index contributed by atoms with van der Waals surface area (Å²) in [6.07, 6.45) is 3.34. The van der Waals surface area contributed by atoms with Gasteiger partial charge in [-0.05, 0) is 45.3 Å². The van der Waals surface area contributed by atoms with Crippen molar-refractivity contribution < 1.29 is 4.79 Å². The summed E-state index contributed by atoms with van der Waals surface area (Å²) >= 11 is 0. The first kappa shape index (κ1) is 10.9. The Kier molecular flexibility index (Phi) is 3.26. The van der Waals surface area contributed by atoms with Crippen LogP contribution in [0.4, 0.5) is 0 Å². The fourth-order valence-corrected chi connectivity index (χ4v) is 2.87. The Bertz CT molecular complexity index is 244. The van der Waals surface area contributed by atoms with E-state index in [4.69, 9.17) is 5.73 Å². The number of hydrogen-bond donors (Lipinski definition) is 1. The molecule has 0 saturated carbocycles. The van der Waals surface area contributed by atoms with Crippen molar-refractivity contribution in [1.82, 2.24) is 9.80 Å². The molecule has 1 amide bonds. The van der Waals surface area contributed by atoms with E-state index in [2.05, 4.69) is 16.8 Å². The Labute approximate surface area is 91.4 Å². The third kappa shape index (κ3) is 2.49. The third-order valence-electron chi connectivity index (χ3n) is 3.67. The van der Waals surface area contributed by atoms with Gasteiger partial charge in [0.2, 0.25) is 5.91 Å². The largest absolute Gasteiger partial charge is 0.368 e. The topological polar surface area (TPSA) is 49.6 Å². The molecule has 1 unspecified atom stereocenters. The molecule has 0 aromatic rings. The van der Waals surface area contributed by atoms with Gasteiger partial charge in [-0.3, -0.25) is 9.69 Å². The number of carbonyl (C=O) groups is 1. The first-order valence-electron chi connectivity index (χ1n) is 5.88. The van der Waals surface area contributed by atoms with Gasteiger partial charge < -0.3 is 10.6 Å². The quantitative estimate of drug-likeness (QED) is 0.708. The molecule has 2 fully saturated rings. The van der Waals surface area contributed by atoms with Crippen LogP contribution in [0.1, 0.15) is 19.3 Å². The average molecular weight is 211 g/mol. The second-order valence-electron chi connectivity index (χ2n) is 4.97. The van der Waals surface area contributed by atoms with Crippen LogP contribution in [0.25, 0.3) is 0 Å². The van der Waals surface area contributed by atoms with Gasteiger partial charge in [-0.2, -0.15) is 0 Å². The van der Waals surface area contributed by atoms with Crippen LogP contribution in [0.3, 0.4) is 0 Å². The smallest absolute Gasteiger partial charge is 0.234 e. The number of carbonyl (C=O) groups excluding carboxylic acids is 1. The highest BCUT2D eigenvalue weighted by Crippen LogP contribution is 2.22. The summed E-state index contributed by atoms with van der Waals surface area (Å²) in [5.41, 5.74) is 5.40. The van der Waals surface area contributed by atoms with Crippen LogP contribution in [0.15, 0.2) is 0 Å². The number of likely N-dealkylation sites (tertiary alicyclic amines) is 2. The summed E-state index contributed by atoms with van der Waals surface area (Å²) in [4.78, 5) is 15.9. The molecular weight excluding hydrogens is 190 g/mol. The number of rotatable bonds is 3. The summed E-state index contributed by atoms with van der Waals surface area (Å²) in [7, 11) is 2.16. The van der Waals surface area contributed by atoms with E-state index in [0.717, 1.165) is 31.8 Å². The van der Waals surface area contributed by atoms with Crippen molar-refractivity contribution in [1.29, 1.82) is 0 Å². The zero-order valence-corrected chi connectivity index (χ0v) is 9.48. The normalized spacial score (nSPS) is 33.7. The lowest BCUT2D eigenvalue weighted by Crippen LogP contribution is -2.42. The predicted molar refractivity (Wildman–Crippen MR) is 59.4 cm³/mol. The highest BCUT2D eigenvalue weighted by atomic mass is 16.1. The maximum absolute atomic E-state index is 11.2. The van der Waals surface area contributed by atoms with Crippen LogP contribution < -0.4 is 5.73 Å². The van der Waals surface area contributed by atoms with Crippen molar-refractivity contribution in [2.45, 2.75) is 25.3 Å². The fourth-order valence-electron chi connectivity index (χ4n) is 2.87. The molecule has 0 aliphatic carbocycles. The number of nitrogens with zero attached hydrogens (tertiary/aromatic N) is 2. The number of amides is 1. The Morgan fingerprint density at radius 2 is 2.20 bits per heavy atom. The number of nitrogens with two attached hydrogens (primary N) is 1. The van der Waals surface area contributed by atoms with Crippen molar-refractivity contribution in [3.63, 3.8) is 0 Å². The molecule has 2 N–H and O–H groups in total. The Balaban J connectivity index is 1.85. The second-order valence-corrected chi connectivity index (χ2v) is 4.97. The number of hydrogen-bond acceptors (Lipinski definition) is 3. The van der Waals surface area contributed by atoms with E-state index < -0.39 is 0 Å². The molecular formula is C11H21N3O. The van der Waals surface area contributed by atoms with E-state index in [1.54, 1.807) is 0 Å². The van der Waals surface area contributed by atoms with Crippen molar-refractivity contribution in [2.75, 3.05) is 33.2 Å². The molecule has 0 radical (unpaired) electrons. The third-order valence-corrected chi connectivity index (χ3v) is 3.67. The van der Waals surface area contributed by atoms with Crippen molar-refractivity contribution in [3.8, 4) is 0 Å². The van der Waals surface area contributed by atoms with Gasteiger partial charge in [0.15, 0.2) is 0 Å². The van der Waals surface area contributed by atoms with Gasteiger partial charge in [-0.15, -0.1) is 0 Å². The van der Waals surface area contributed by atoms with E-state index in [0.29, 0.717) is 0 Å². The van der Waals surface area contributed by atoms with Crippen LogP contribution >= 0.6 is 0 Å². The van der Waals surface area contributed by atoms with E-state index in [9.17, 15) is 4.79 Å². The molecule has 0 aromatic heterocycles. The Hall–Kier alpha value is -0.610. The second kappa shape index (κ2) is 4.49. The van der Waals surface area contributed by atoms with Crippen LogP contribution in [-0.4, -0.2) is 55.0 Å². The molecule has 4 nitrogen and oxygen atoms in total. The van der Waals surface area contributed by atoms with Crippen LogP contribution in [-0.2, 0) is 4.79 Å². The van der Waals surface area contributed by atoms with Gasteiger partial charge in [0, 0.05) is 13.1 Å². The molecule has 2 saturated heterocycles. The Morgan fingerprint density at radius 3 is 2.80 bits per heavy atom. The van der Waals surface area contributed by atoms with Gasteiger partial charge in [-0.1, -0.05) is 0 Å². The van der Waals surface area contributed by atoms with Crippen LogP contribution in [0.2, 0.25) is 0 Å². The zero-order chi connectivity index (χ0) is 10.8. The van der Waals surface area contributed by atoms with Crippen molar-refractivity contribution in [3.05, 3.63) is 0 Å². The van der Waals surface area contributed by atoms with Gasteiger partial charge in [0.1, 0.15) is 0 Å². The highest BCUT2D eigenvalue weighted by molar-refractivity contribution is 5.80. The first-order chi connectivity index (χ1) is 7.16. The summed E-state index contributed by atoms with van der Waals surface area (Å²) < 4.78 is 0. The summed E-state index contributed by atoms with van der Waals surface area (Å²) in [6, 6.07) is 0.0101. The molecule has 2 heterocycles. The predicted octanol–water partition coefficient (Wildman–Crippen LogP) is -0.112. The van der Waals surface area contributed by atoms with Gasteiger partial charge in [0.05, 0.1) is 6.04 Å². The molecule has 2 atom stereocenters. The van der Waals surface area contributed by atoms with Crippen molar-refractivity contribution >= 4 is 5.91 Å². The van der Waals surface area contributed by atoms with Gasteiger partial charge in [0.25, 0.3) is 0 Å². The lowest BCUT2D eigenvalue weighted by molar-refractivity contribution is -0.122. The first-order valence-corrected chi connectivity index (χ1v) is 5.88. The van der Waals surface area contributed by atoms with E-state index in [-0.39, 0.29) is 11.9 Å². The summed E-state index contributed by atoms with van der Waals surface area (Å²) in [6.45, 7) is 4.47. The molecule has 2 aliphatic rings. The molecule has 0 spiro atoms. The summed E-state index contributed by atoms with van der Waals surface area (Å²) in [5, 5.41) is 0. The molecule has 2 rings (SSSR count). The molecule has 2 aliphatic heterocycles. The molecule has 0 bridgehead atoms. The van der Waals surface area contributed by atoms with Crippen LogP contribution in [0.5, 0.6) is 0 Å². The maximum atomic E-state index is 11.2. The van der Waals surface area contributed by atoms with E-state index in [1.165, 1.54) is 19.5 Å². The average Bonchev–Trinajstić information content (AvgIpc) is 2.75. The van der Waals surface area contributed by atoms with Gasteiger partial charge in [-0.25, -0.2) is 0 Å². The SMILES string of the molecule is CN1CC[C@H](CN2CCCC2C(N)=O)C1. The monoisotopic (exact) mass is 211 g/mol. The molecule has 0 aromatic carbocycles. The Morgan fingerprint density at radius 1 is 1.40 bits per heavy atom. The zero-order valence-electron chi connectivity index (χ0n) is 9.48. The molecule has 4 heteroatoms. The lowest BCUT2D eigenvalue weighted by atomic mass is 10.1. The minimum Gasteiger partial charge on any atom is -0.368 e. The highest BCUT2D eigenvalue weighted by Gasteiger charge is 2.31. The lowest BCUT2D eigenvalue weighted by Gasteiger charge is -2.24. The number of primary amides is 1. The standard InChI is InChI=1S/C11H21N3O/c1-13-6-4-9(7-13)8-14-5-2-3-10(14)11(12)15/h9-10H,2-8H2,1H3,(H2,12,15)/t9-,10?/m0/s1. The van der Waals surface area contributed by atoms with Crippen LogP contribution in [0, 0.1) is 5.92 Å².